The van der Waals surface area contributed by atoms with E-state index in [1.54, 1.807) is 0 Å². The largest absolute Gasteiger partial charge is 0.371 e. The Bertz CT molecular complexity index is 1100. The standard InChI is InChI=1S/C28H33F2N3/c1-5-18(3)24-8-7-23(13-20(24)6-2)33-17-22-15-25(22)26-14-21(16-31-27(26)33)19(4)32-11-9-28(29,30)10-12-32/h7-8,13-14,16,22,25H,3-6,9-12,15,17H2,1-2H3. The molecule has 0 amide bonds. The summed E-state index contributed by atoms with van der Waals surface area (Å²) in [7, 11) is 0. The lowest BCUT2D eigenvalue weighted by Gasteiger charge is -2.35. The van der Waals surface area contributed by atoms with Gasteiger partial charge in [0.2, 0.25) is 0 Å². The minimum atomic E-state index is -2.55. The number of alkyl halides is 2. The van der Waals surface area contributed by atoms with E-state index in [9.17, 15) is 8.78 Å². The van der Waals surface area contributed by atoms with E-state index < -0.39 is 5.92 Å². The number of benzene rings is 1. The van der Waals surface area contributed by atoms with E-state index in [-0.39, 0.29) is 12.8 Å². The summed E-state index contributed by atoms with van der Waals surface area (Å²) < 4.78 is 27.2. The lowest BCUT2D eigenvalue weighted by atomic mass is 9.95. The molecule has 1 saturated carbocycles. The van der Waals surface area contributed by atoms with Gasteiger partial charge in [0.1, 0.15) is 5.82 Å². The first-order valence-electron chi connectivity index (χ1n) is 12.2. The number of nitrogens with zero attached hydrogens (tertiary/aromatic N) is 3. The minimum absolute atomic E-state index is 0.108. The van der Waals surface area contributed by atoms with Crippen LogP contribution in [0.2, 0.25) is 0 Å². The number of allylic oxidation sites excluding steroid dienone is 1. The van der Waals surface area contributed by atoms with Gasteiger partial charge in [-0.15, -0.1) is 0 Å². The summed E-state index contributed by atoms with van der Waals surface area (Å²) in [5, 5.41) is 0. The molecule has 0 spiro atoms. The summed E-state index contributed by atoms with van der Waals surface area (Å²) in [4.78, 5) is 9.24. The van der Waals surface area contributed by atoms with E-state index >= 15 is 0 Å². The second kappa shape index (κ2) is 8.27. The van der Waals surface area contributed by atoms with Crippen LogP contribution in [0.5, 0.6) is 0 Å². The van der Waals surface area contributed by atoms with Gasteiger partial charge in [-0.3, -0.25) is 0 Å². The molecule has 0 N–H and O–H groups in total. The van der Waals surface area contributed by atoms with Crippen molar-refractivity contribution in [2.24, 2.45) is 5.92 Å². The normalized spacial score (nSPS) is 23.0. The topological polar surface area (TPSA) is 19.4 Å². The summed E-state index contributed by atoms with van der Waals surface area (Å²) in [6.45, 7) is 14.5. The Morgan fingerprint density at radius 1 is 1.15 bits per heavy atom. The van der Waals surface area contributed by atoms with Crippen LogP contribution >= 0.6 is 0 Å². The molecule has 5 heteroatoms. The van der Waals surface area contributed by atoms with Crippen LogP contribution in [0, 0.1) is 5.92 Å². The SMILES string of the molecule is C=C(CC)c1ccc(N2CC3CC3c3cc(C(=C)N4CCC(F)(F)CC4)cnc32)cc1CC. The molecule has 3 heterocycles. The van der Waals surface area contributed by atoms with Gasteiger partial charge in [0.25, 0.3) is 5.92 Å². The minimum Gasteiger partial charge on any atom is -0.371 e. The quantitative estimate of drug-likeness (QED) is 0.472. The number of likely N-dealkylation sites (tertiary alicyclic amines) is 1. The molecule has 2 unspecified atom stereocenters. The average Bonchev–Trinajstić information content (AvgIpc) is 3.62. The maximum atomic E-state index is 13.6. The van der Waals surface area contributed by atoms with E-state index in [2.05, 4.69) is 56.2 Å². The van der Waals surface area contributed by atoms with Gasteiger partial charge in [-0.25, -0.2) is 13.8 Å². The Hall–Kier alpha value is -2.69. The molecule has 33 heavy (non-hydrogen) atoms. The zero-order valence-corrected chi connectivity index (χ0v) is 19.7. The van der Waals surface area contributed by atoms with Crippen molar-refractivity contribution in [1.82, 2.24) is 9.88 Å². The molecule has 2 aliphatic heterocycles. The van der Waals surface area contributed by atoms with Gasteiger partial charge >= 0.3 is 0 Å². The third-order valence-electron chi connectivity index (χ3n) is 7.69. The zero-order chi connectivity index (χ0) is 23.3. The first kappa shape index (κ1) is 22.1. The van der Waals surface area contributed by atoms with Gasteiger partial charge in [-0.05, 0) is 71.6 Å². The summed E-state index contributed by atoms with van der Waals surface area (Å²) in [6.07, 6.45) is 4.76. The smallest absolute Gasteiger partial charge is 0.251 e. The Morgan fingerprint density at radius 3 is 2.61 bits per heavy atom. The van der Waals surface area contributed by atoms with Crippen LogP contribution in [0.4, 0.5) is 20.3 Å². The maximum absolute atomic E-state index is 13.6. The van der Waals surface area contributed by atoms with Crippen LogP contribution in [-0.2, 0) is 6.42 Å². The van der Waals surface area contributed by atoms with Crippen molar-refractivity contribution in [2.45, 2.75) is 57.8 Å². The molecule has 1 aliphatic carbocycles. The molecule has 3 nitrogen and oxygen atoms in total. The second-order valence-corrected chi connectivity index (χ2v) is 9.79. The lowest BCUT2D eigenvalue weighted by molar-refractivity contribution is -0.0450. The van der Waals surface area contributed by atoms with Gasteiger partial charge in [0.05, 0.1) is 0 Å². The van der Waals surface area contributed by atoms with E-state index in [0.717, 1.165) is 36.5 Å². The first-order chi connectivity index (χ1) is 15.8. The average molecular weight is 450 g/mol. The highest BCUT2D eigenvalue weighted by atomic mass is 19.3. The fraction of sp³-hybridized carbons (Fsp3) is 0.464. The van der Waals surface area contributed by atoms with Gasteiger partial charge in [0.15, 0.2) is 0 Å². The fourth-order valence-electron chi connectivity index (χ4n) is 5.37. The Kier molecular flexibility index (Phi) is 5.54. The monoisotopic (exact) mass is 449 g/mol. The molecule has 2 aromatic rings. The molecule has 3 aliphatic rings. The number of hydrogen-bond donors (Lipinski definition) is 0. The van der Waals surface area contributed by atoms with Crippen LogP contribution in [0.3, 0.4) is 0 Å². The van der Waals surface area contributed by atoms with Gasteiger partial charge in [-0.2, -0.15) is 0 Å². The van der Waals surface area contributed by atoms with Crippen molar-refractivity contribution < 1.29 is 8.78 Å². The van der Waals surface area contributed by atoms with Gasteiger partial charge in [-0.1, -0.05) is 33.1 Å². The molecule has 2 fully saturated rings. The molecule has 1 aromatic heterocycles. The number of pyridine rings is 1. The van der Waals surface area contributed by atoms with Crippen LogP contribution in [0.1, 0.15) is 67.7 Å². The zero-order valence-electron chi connectivity index (χ0n) is 19.7. The number of fused-ring (bicyclic) bond motifs is 3. The van der Waals surface area contributed by atoms with E-state index in [1.807, 2.05) is 11.1 Å². The summed E-state index contributed by atoms with van der Waals surface area (Å²) in [6, 6.07) is 8.92. The molecule has 5 rings (SSSR count). The second-order valence-electron chi connectivity index (χ2n) is 9.79. The van der Waals surface area contributed by atoms with Crippen LogP contribution in [-0.4, -0.2) is 35.4 Å². The molecule has 1 aromatic carbocycles. The molecule has 1 saturated heterocycles. The molecular weight excluding hydrogens is 416 g/mol. The number of rotatable bonds is 6. The van der Waals surface area contributed by atoms with Crippen molar-refractivity contribution in [3.05, 3.63) is 65.9 Å². The lowest BCUT2D eigenvalue weighted by Crippen LogP contribution is -2.38. The van der Waals surface area contributed by atoms with Gasteiger partial charge in [0, 0.05) is 55.6 Å². The van der Waals surface area contributed by atoms with E-state index in [4.69, 9.17) is 4.98 Å². The Balaban J connectivity index is 1.44. The number of aromatic nitrogens is 1. The molecule has 0 bridgehead atoms. The summed E-state index contributed by atoms with van der Waals surface area (Å²) in [5.74, 6) is -0.332. The predicted octanol–water partition coefficient (Wildman–Crippen LogP) is 7.02. The van der Waals surface area contributed by atoms with Crippen molar-refractivity contribution in [2.75, 3.05) is 24.5 Å². The molecule has 0 radical (unpaired) electrons. The number of aryl methyl sites for hydroxylation is 1. The third-order valence-corrected chi connectivity index (χ3v) is 7.69. The van der Waals surface area contributed by atoms with E-state index in [1.165, 1.54) is 34.4 Å². The first-order valence-corrected chi connectivity index (χ1v) is 12.2. The number of hydrogen-bond acceptors (Lipinski definition) is 3. The van der Waals surface area contributed by atoms with Crippen LogP contribution in [0.25, 0.3) is 11.3 Å². The number of piperidine rings is 1. The maximum Gasteiger partial charge on any atom is 0.251 e. The van der Waals surface area contributed by atoms with Crippen molar-refractivity contribution in [3.8, 4) is 0 Å². The van der Waals surface area contributed by atoms with Gasteiger partial charge < -0.3 is 9.80 Å². The predicted molar refractivity (Wildman–Crippen MR) is 132 cm³/mol. The summed E-state index contributed by atoms with van der Waals surface area (Å²) in [5.41, 5.74) is 7.98. The van der Waals surface area contributed by atoms with E-state index in [0.29, 0.717) is 24.9 Å². The highest BCUT2D eigenvalue weighted by molar-refractivity contribution is 5.74. The third kappa shape index (κ3) is 4.07. The molecular formula is C28H33F2N3. The van der Waals surface area contributed by atoms with Crippen LogP contribution in [0.15, 0.2) is 43.6 Å². The Morgan fingerprint density at radius 2 is 1.91 bits per heavy atom. The number of halogens is 2. The van der Waals surface area contributed by atoms with Crippen molar-refractivity contribution in [1.29, 1.82) is 0 Å². The Labute approximate surface area is 195 Å². The highest BCUT2D eigenvalue weighted by Gasteiger charge is 2.46. The highest BCUT2D eigenvalue weighted by Crippen LogP contribution is 2.56. The number of anilines is 2. The molecule has 2 atom stereocenters. The molecule has 174 valence electrons. The summed E-state index contributed by atoms with van der Waals surface area (Å²) >= 11 is 0. The fourth-order valence-corrected chi connectivity index (χ4v) is 5.37. The van der Waals surface area contributed by atoms with Crippen LogP contribution < -0.4 is 4.90 Å². The van der Waals surface area contributed by atoms with Crippen molar-refractivity contribution >= 4 is 22.8 Å². The van der Waals surface area contributed by atoms with Crippen molar-refractivity contribution in [3.63, 3.8) is 0 Å².